The van der Waals surface area contributed by atoms with E-state index in [1.807, 2.05) is 0 Å². The predicted molar refractivity (Wildman–Crippen MR) is 50.8 cm³/mol. The largest absolute Gasteiger partial charge is 0.392 e. The molecule has 0 atom stereocenters. The van der Waals surface area contributed by atoms with Gasteiger partial charge in [-0.3, -0.25) is 0 Å². The average Bonchev–Trinajstić information content (AvgIpc) is 2.15. The third kappa shape index (κ3) is 2.65. The van der Waals surface area contributed by atoms with E-state index in [0.29, 0.717) is 11.0 Å². The van der Waals surface area contributed by atoms with Crippen LogP contribution >= 0.6 is 15.9 Å². The Kier molecular flexibility index (Phi) is 3.78. The van der Waals surface area contributed by atoms with Gasteiger partial charge in [0.1, 0.15) is 5.69 Å². The van der Waals surface area contributed by atoms with E-state index in [2.05, 4.69) is 32.8 Å². The number of pyridine rings is 1. The minimum absolute atomic E-state index is 0.0332. The van der Waals surface area contributed by atoms with Crippen molar-refractivity contribution in [2.45, 2.75) is 6.61 Å². The molecule has 0 aromatic carbocycles. The van der Waals surface area contributed by atoms with E-state index in [9.17, 15) is 0 Å². The van der Waals surface area contributed by atoms with Crippen LogP contribution in [0.1, 0.15) is 11.3 Å². The SMILES string of the molecule is OCc1ccnc(C#CCBr)c1. The van der Waals surface area contributed by atoms with Crippen LogP contribution in [0.5, 0.6) is 0 Å². The summed E-state index contributed by atoms with van der Waals surface area (Å²) in [6.07, 6.45) is 1.64. The Morgan fingerprint density at radius 2 is 2.42 bits per heavy atom. The first kappa shape index (κ1) is 9.24. The van der Waals surface area contributed by atoms with E-state index in [-0.39, 0.29) is 6.61 Å². The summed E-state index contributed by atoms with van der Waals surface area (Å²) in [4.78, 5) is 4.02. The normalized spacial score (nSPS) is 8.83. The molecule has 0 radical (unpaired) electrons. The summed E-state index contributed by atoms with van der Waals surface area (Å²) in [5.41, 5.74) is 1.53. The molecule has 0 aliphatic rings. The van der Waals surface area contributed by atoms with Crippen molar-refractivity contribution in [2.75, 3.05) is 5.33 Å². The molecule has 0 saturated heterocycles. The van der Waals surface area contributed by atoms with Crippen molar-refractivity contribution in [1.82, 2.24) is 4.98 Å². The summed E-state index contributed by atoms with van der Waals surface area (Å²) < 4.78 is 0. The second-order valence-electron chi connectivity index (χ2n) is 2.14. The van der Waals surface area contributed by atoms with Crippen LogP contribution in [0.2, 0.25) is 0 Å². The summed E-state index contributed by atoms with van der Waals surface area (Å²) in [5.74, 6) is 5.69. The van der Waals surface area contributed by atoms with Gasteiger partial charge < -0.3 is 5.11 Å². The monoisotopic (exact) mass is 225 g/mol. The molecule has 0 unspecified atom stereocenters. The van der Waals surface area contributed by atoms with Crippen LogP contribution < -0.4 is 0 Å². The van der Waals surface area contributed by atoms with Crippen molar-refractivity contribution >= 4 is 15.9 Å². The number of aromatic nitrogens is 1. The Bertz CT molecular complexity index is 314. The summed E-state index contributed by atoms with van der Waals surface area (Å²) in [6, 6.07) is 3.54. The summed E-state index contributed by atoms with van der Waals surface area (Å²) in [6.45, 7) is 0.0332. The lowest BCUT2D eigenvalue weighted by molar-refractivity contribution is 0.281. The molecule has 0 amide bonds. The summed E-state index contributed by atoms with van der Waals surface area (Å²) in [7, 11) is 0. The third-order valence-electron chi connectivity index (χ3n) is 1.29. The fourth-order valence-corrected chi connectivity index (χ4v) is 0.905. The minimum atomic E-state index is 0.0332. The molecule has 0 bridgehead atoms. The molecule has 1 rings (SSSR count). The summed E-state index contributed by atoms with van der Waals surface area (Å²) in [5, 5.41) is 9.44. The first-order chi connectivity index (χ1) is 5.86. The van der Waals surface area contributed by atoms with Gasteiger partial charge in [-0.25, -0.2) is 4.98 Å². The van der Waals surface area contributed by atoms with Gasteiger partial charge in [-0.05, 0) is 23.6 Å². The Labute approximate surface area is 79.8 Å². The van der Waals surface area contributed by atoms with Crippen LogP contribution in [-0.2, 0) is 6.61 Å². The Hall–Kier alpha value is -0.850. The standard InChI is InChI=1S/C9H8BrNO/c10-4-1-2-9-6-8(7-12)3-5-11-9/h3,5-6,12H,4,7H2. The Balaban J connectivity index is 2.86. The number of hydrogen-bond donors (Lipinski definition) is 1. The molecule has 2 nitrogen and oxygen atoms in total. The molecule has 0 saturated carbocycles. The van der Waals surface area contributed by atoms with Gasteiger partial charge in [-0.2, -0.15) is 0 Å². The smallest absolute Gasteiger partial charge is 0.113 e. The van der Waals surface area contributed by atoms with Crippen molar-refractivity contribution in [3.8, 4) is 11.8 Å². The number of aliphatic hydroxyl groups is 1. The number of halogens is 1. The van der Waals surface area contributed by atoms with Crippen molar-refractivity contribution in [3.63, 3.8) is 0 Å². The lowest BCUT2D eigenvalue weighted by atomic mass is 10.2. The second kappa shape index (κ2) is 4.91. The van der Waals surface area contributed by atoms with Gasteiger partial charge in [0.15, 0.2) is 0 Å². The van der Waals surface area contributed by atoms with Crippen LogP contribution in [-0.4, -0.2) is 15.4 Å². The van der Waals surface area contributed by atoms with E-state index in [1.54, 1.807) is 18.3 Å². The van der Waals surface area contributed by atoms with E-state index in [1.165, 1.54) is 0 Å². The van der Waals surface area contributed by atoms with Crippen LogP contribution in [0.3, 0.4) is 0 Å². The van der Waals surface area contributed by atoms with E-state index >= 15 is 0 Å². The number of nitrogens with zero attached hydrogens (tertiary/aromatic N) is 1. The van der Waals surface area contributed by atoms with Gasteiger partial charge in [0.25, 0.3) is 0 Å². The lowest BCUT2D eigenvalue weighted by Crippen LogP contribution is -1.87. The van der Waals surface area contributed by atoms with Gasteiger partial charge in [0.2, 0.25) is 0 Å². The lowest BCUT2D eigenvalue weighted by Gasteiger charge is -1.94. The van der Waals surface area contributed by atoms with Crippen molar-refractivity contribution < 1.29 is 5.11 Å². The van der Waals surface area contributed by atoms with Crippen LogP contribution in [0.25, 0.3) is 0 Å². The zero-order valence-corrected chi connectivity index (χ0v) is 8.00. The highest BCUT2D eigenvalue weighted by atomic mass is 79.9. The van der Waals surface area contributed by atoms with Gasteiger partial charge in [-0.15, -0.1) is 0 Å². The molecule has 0 fully saturated rings. The van der Waals surface area contributed by atoms with Gasteiger partial charge >= 0.3 is 0 Å². The first-order valence-electron chi connectivity index (χ1n) is 3.47. The van der Waals surface area contributed by atoms with E-state index in [0.717, 1.165) is 5.56 Å². The van der Waals surface area contributed by atoms with Crippen LogP contribution in [0.15, 0.2) is 18.3 Å². The summed E-state index contributed by atoms with van der Waals surface area (Å²) >= 11 is 3.19. The number of hydrogen-bond acceptors (Lipinski definition) is 2. The maximum absolute atomic E-state index is 8.80. The molecule has 12 heavy (non-hydrogen) atoms. The topological polar surface area (TPSA) is 33.1 Å². The number of rotatable bonds is 1. The van der Waals surface area contributed by atoms with Crippen molar-refractivity contribution in [2.24, 2.45) is 0 Å². The molecule has 1 N–H and O–H groups in total. The average molecular weight is 226 g/mol. The fraction of sp³-hybridized carbons (Fsp3) is 0.222. The van der Waals surface area contributed by atoms with Gasteiger partial charge in [0.05, 0.1) is 11.9 Å². The highest BCUT2D eigenvalue weighted by molar-refractivity contribution is 9.09. The quantitative estimate of drug-likeness (QED) is 0.578. The molecular weight excluding hydrogens is 218 g/mol. The first-order valence-corrected chi connectivity index (χ1v) is 4.59. The van der Waals surface area contributed by atoms with Crippen molar-refractivity contribution in [1.29, 1.82) is 0 Å². The maximum atomic E-state index is 8.80. The van der Waals surface area contributed by atoms with Crippen LogP contribution in [0, 0.1) is 11.8 Å². The van der Waals surface area contributed by atoms with Crippen molar-refractivity contribution in [3.05, 3.63) is 29.6 Å². The van der Waals surface area contributed by atoms with Gasteiger partial charge in [-0.1, -0.05) is 21.9 Å². The molecule has 0 aliphatic heterocycles. The minimum Gasteiger partial charge on any atom is -0.392 e. The molecule has 1 aromatic rings. The zero-order valence-electron chi connectivity index (χ0n) is 6.42. The van der Waals surface area contributed by atoms with Crippen LogP contribution in [0.4, 0.5) is 0 Å². The number of alkyl halides is 1. The molecule has 3 heteroatoms. The molecule has 1 heterocycles. The predicted octanol–water partition coefficient (Wildman–Crippen LogP) is 1.32. The Morgan fingerprint density at radius 1 is 1.58 bits per heavy atom. The van der Waals surface area contributed by atoms with E-state index in [4.69, 9.17) is 5.11 Å². The zero-order chi connectivity index (χ0) is 8.81. The molecule has 1 aromatic heterocycles. The van der Waals surface area contributed by atoms with E-state index < -0.39 is 0 Å². The fourth-order valence-electron chi connectivity index (χ4n) is 0.765. The molecular formula is C9H8BrNO. The third-order valence-corrected chi connectivity index (χ3v) is 1.57. The maximum Gasteiger partial charge on any atom is 0.113 e. The Morgan fingerprint density at radius 3 is 3.08 bits per heavy atom. The van der Waals surface area contributed by atoms with Gasteiger partial charge in [0, 0.05) is 6.20 Å². The molecule has 0 spiro atoms. The number of aliphatic hydroxyl groups excluding tert-OH is 1. The highest BCUT2D eigenvalue weighted by Gasteiger charge is 1.91. The molecule has 62 valence electrons. The highest BCUT2D eigenvalue weighted by Crippen LogP contribution is 1.99. The second-order valence-corrected chi connectivity index (χ2v) is 2.70. The molecule has 0 aliphatic carbocycles.